The number of rotatable bonds is 6. The average Bonchev–Trinajstić information content (AvgIpc) is 2.33. The van der Waals surface area contributed by atoms with Gasteiger partial charge in [0.05, 0.1) is 11.5 Å². The predicted molar refractivity (Wildman–Crippen MR) is 72.5 cm³/mol. The molecule has 0 amide bonds. The molecule has 0 bridgehead atoms. The number of benzene rings is 1. The molecular weight excluding hydrogens is 250 g/mol. The van der Waals surface area contributed by atoms with E-state index < -0.39 is 10.0 Å². The summed E-state index contributed by atoms with van der Waals surface area (Å²) in [7, 11) is -3.38. The van der Waals surface area contributed by atoms with Gasteiger partial charge in [-0.2, -0.15) is 4.31 Å². The summed E-state index contributed by atoms with van der Waals surface area (Å²) in [5, 5.41) is 0. The second kappa shape index (κ2) is 6.20. The van der Waals surface area contributed by atoms with Crippen molar-refractivity contribution < 1.29 is 13.2 Å². The molecular formula is C13H21NO3S. The Morgan fingerprint density at radius 3 is 2.22 bits per heavy atom. The molecule has 1 aromatic rings. The number of sulfonamides is 1. The Morgan fingerprint density at radius 1 is 1.17 bits per heavy atom. The minimum atomic E-state index is -3.38. The molecule has 0 fully saturated rings. The highest BCUT2D eigenvalue weighted by Crippen LogP contribution is 2.23. The molecule has 1 aromatic carbocycles. The molecule has 0 N–H and O–H groups in total. The van der Waals surface area contributed by atoms with Crippen molar-refractivity contribution >= 4 is 10.0 Å². The fraction of sp³-hybridized carbons (Fsp3) is 0.538. The zero-order valence-electron chi connectivity index (χ0n) is 11.4. The number of ether oxygens (including phenoxy) is 1. The van der Waals surface area contributed by atoms with Gasteiger partial charge in [0.1, 0.15) is 5.75 Å². The first-order valence-electron chi connectivity index (χ1n) is 6.20. The Labute approximate surface area is 110 Å². The highest BCUT2D eigenvalue weighted by Gasteiger charge is 2.22. The minimum absolute atomic E-state index is 0.326. The third-order valence-corrected chi connectivity index (χ3v) is 4.84. The lowest BCUT2D eigenvalue weighted by Crippen LogP contribution is -2.30. The number of hydrogen-bond acceptors (Lipinski definition) is 3. The normalized spacial score (nSPS) is 11.8. The molecule has 5 heteroatoms. The lowest BCUT2D eigenvalue weighted by atomic mass is 10.2. The van der Waals surface area contributed by atoms with E-state index >= 15 is 0 Å². The van der Waals surface area contributed by atoms with Crippen molar-refractivity contribution in [2.24, 2.45) is 0 Å². The van der Waals surface area contributed by atoms with Crippen molar-refractivity contribution in [1.82, 2.24) is 4.31 Å². The van der Waals surface area contributed by atoms with Gasteiger partial charge in [0.15, 0.2) is 0 Å². The highest BCUT2D eigenvalue weighted by molar-refractivity contribution is 7.89. The fourth-order valence-corrected chi connectivity index (χ4v) is 3.36. The van der Waals surface area contributed by atoms with Gasteiger partial charge in [-0.1, -0.05) is 13.8 Å². The second-order valence-corrected chi connectivity index (χ2v) is 5.89. The quantitative estimate of drug-likeness (QED) is 0.798. The van der Waals surface area contributed by atoms with Crippen molar-refractivity contribution in [3.63, 3.8) is 0 Å². The molecule has 0 atom stereocenters. The van der Waals surface area contributed by atoms with Crippen LogP contribution in [0.4, 0.5) is 0 Å². The topological polar surface area (TPSA) is 46.6 Å². The lowest BCUT2D eigenvalue weighted by molar-refractivity contribution is 0.337. The van der Waals surface area contributed by atoms with Gasteiger partial charge in [-0.25, -0.2) is 8.42 Å². The van der Waals surface area contributed by atoms with Gasteiger partial charge in [0.25, 0.3) is 0 Å². The van der Waals surface area contributed by atoms with E-state index in [9.17, 15) is 8.42 Å². The second-order valence-electron chi connectivity index (χ2n) is 3.95. The molecule has 0 aliphatic rings. The van der Waals surface area contributed by atoms with Crippen LogP contribution in [0.25, 0.3) is 0 Å². The van der Waals surface area contributed by atoms with Crippen molar-refractivity contribution in [1.29, 1.82) is 0 Å². The molecule has 0 aromatic heterocycles. The van der Waals surface area contributed by atoms with E-state index in [-0.39, 0.29) is 0 Å². The van der Waals surface area contributed by atoms with Crippen LogP contribution in [0.2, 0.25) is 0 Å². The van der Waals surface area contributed by atoms with E-state index in [1.807, 2.05) is 27.7 Å². The van der Waals surface area contributed by atoms with Crippen molar-refractivity contribution in [3.05, 3.63) is 23.8 Å². The molecule has 0 saturated heterocycles. The predicted octanol–water partition coefficient (Wildman–Crippen LogP) is 2.42. The van der Waals surface area contributed by atoms with E-state index in [0.717, 1.165) is 11.3 Å². The third kappa shape index (κ3) is 3.03. The zero-order valence-corrected chi connectivity index (χ0v) is 12.3. The summed E-state index contributed by atoms with van der Waals surface area (Å²) in [5.41, 5.74) is 0.838. The number of hydrogen-bond donors (Lipinski definition) is 0. The average molecular weight is 271 g/mol. The summed E-state index contributed by atoms with van der Waals surface area (Å²) in [4.78, 5) is 0.326. The van der Waals surface area contributed by atoms with E-state index in [1.54, 1.807) is 18.2 Å². The Bertz CT molecular complexity index is 493. The smallest absolute Gasteiger partial charge is 0.243 e. The summed E-state index contributed by atoms with van der Waals surface area (Å²) < 4.78 is 31.5. The molecule has 102 valence electrons. The van der Waals surface area contributed by atoms with Gasteiger partial charge in [-0.3, -0.25) is 0 Å². The van der Waals surface area contributed by atoms with Crippen molar-refractivity contribution in [2.45, 2.75) is 32.6 Å². The summed E-state index contributed by atoms with van der Waals surface area (Å²) >= 11 is 0. The zero-order chi connectivity index (χ0) is 13.8. The summed E-state index contributed by atoms with van der Waals surface area (Å²) in [6.07, 6.45) is 0. The molecule has 1 rings (SSSR count). The van der Waals surface area contributed by atoms with Gasteiger partial charge in [0, 0.05) is 13.1 Å². The van der Waals surface area contributed by atoms with E-state index in [4.69, 9.17) is 4.74 Å². The Kier molecular flexibility index (Phi) is 5.16. The van der Waals surface area contributed by atoms with E-state index in [0.29, 0.717) is 24.6 Å². The van der Waals surface area contributed by atoms with Crippen LogP contribution >= 0.6 is 0 Å². The molecule has 0 unspecified atom stereocenters. The van der Waals surface area contributed by atoms with E-state index in [1.165, 1.54) is 4.31 Å². The summed E-state index contributed by atoms with van der Waals surface area (Å²) in [5.74, 6) is 0.732. The Morgan fingerprint density at radius 2 is 1.78 bits per heavy atom. The van der Waals surface area contributed by atoms with Crippen LogP contribution in [-0.2, 0) is 10.0 Å². The summed E-state index contributed by atoms with van der Waals surface area (Å²) in [6, 6.07) is 4.99. The van der Waals surface area contributed by atoms with Crippen LogP contribution in [-0.4, -0.2) is 32.4 Å². The largest absolute Gasteiger partial charge is 0.494 e. The molecule has 0 spiro atoms. The van der Waals surface area contributed by atoms with Gasteiger partial charge >= 0.3 is 0 Å². The molecule has 18 heavy (non-hydrogen) atoms. The van der Waals surface area contributed by atoms with Crippen LogP contribution in [0, 0.1) is 6.92 Å². The lowest BCUT2D eigenvalue weighted by Gasteiger charge is -2.19. The van der Waals surface area contributed by atoms with Crippen LogP contribution in [0.3, 0.4) is 0 Å². The Hall–Kier alpha value is -1.07. The molecule has 0 aliphatic heterocycles. The summed E-state index contributed by atoms with van der Waals surface area (Å²) in [6.45, 7) is 8.95. The van der Waals surface area contributed by atoms with Gasteiger partial charge < -0.3 is 4.74 Å². The maximum absolute atomic E-state index is 12.3. The molecule has 4 nitrogen and oxygen atoms in total. The van der Waals surface area contributed by atoms with Crippen molar-refractivity contribution in [3.8, 4) is 5.75 Å². The van der Waals surface area contributed by atoms with Crippen LogP contribution in [0.1, 0.15) is 26.3 Å². The highest BCUT2D eigenvalue weighted by atomic mass is 32.2. The van der Waals surface area contributed by atoms with Gasteiger partial charge in [-0.15, -0.1) is 0 Å². The maximum Gasteiger partial charge on any atom is 0.243 e. The fourth-order valence-electron chi connectivity index (χ4n) is 1.81. The molecule has 0 radical (unpaired) electrons. The van der Waals surface area contributed by atoms with Crippen LogP contribution < -0.4 is 4.74 Å². The van der Waals surface area contributed by atoms with Crippen LogP contribution in [0.5, 0.6) is 5.75 Å². The number of nitrogens with zero attached hydrogens (tertiary/aromatic N) is 1. The molecule has 0 saturated carbocycles. The van der Waals surface area contributed by atoms with Gasteiger partial charge in [0.2, 0.25) is 10.0 Å². The first kappa shape index (κ1) is 15.0. The molecule has 0 aliphatic carbocycles. The standard InChI is InChI=1S/C13H21NO3S/c1-5-14(6-2)18(15,16)12-8-9-13(17-7-3)11(4)10-12/h8-10H,5-7H2,1-4H3. The third-order valence-electron chi connectivity index (χ3n) is 2.79. The first-order chi connectivity index (χ1) is 8.47. The monoisotopic (exact) mass is 271 g/mol. The minimum Gasteiger partial charge on any atom is -0.494 e. The molecule has 0 heterocycles. The maximum atomic E-state index is 12.3. The van der Waals surface area contributed by atoms with E-state index in [2.05, 4.69) is 0 Å². The number of aryl methyl sites for hydroxylation is 1. The van der Waals surface area contributed by atoms with Gasteiger partial charge in [-0.05, 0) is 37.6 Å². The first-order valence-corrected chi connectivity index (χ1v) is 7.64. The SMILES string of the molecule is CCOc1ccc(S(=O)(=O)N(CC)CC)cc1C. The van der Waals surface area contributed by atoms with Crippen LogP contribution in [0.15, 0.2) is 23.1 Å². The van der Waals surface area contributed by atoms with Crippen molar-refractivity contribution in [2.75, 3.05) is 19.7 Å². The Balaban J connectivity index is 3.15.